The van der Waals surface area contributed by atoms with Crippen molar-refractivity contribution >= 4 is 5.91 Å². The van der Waals surface area contributed by atoms with Crippen molar-refractivity contribution in [2.24, 2.45) is 5.92 Å². The average Bonchev–Trinajstić information content (AvgIpc) is 2.17. The van der Waals surface area contributed by atoms with Crippen molar-refractivity contribution in [2.75, 3.05) is 13.1 Å². The van der Waals surface area contributed by atoms with Crippen molar-refractivity contribution in [1.82, 2.24) is 10.6 Å². The smallest absolute Gasteiger partial charge is 0.220 e. The predicted molar refractivity (Wildman–Crippen MR) is 52.9 cm³/mol. The topological polar surface area (TPSA) is 41.1 Å². The average molecular weight is 183 g/mol. The minimum atomic E-state index is 0.146. The Balaban J connectivity index is 2.06. The molecule has 3 heteroatoms. The highest BCUT2D eigenvalue weighted by Crippen LogP contribution is 2.15. The van der Waals surface area contributed by atoms with Gasteiger partial charge in [0.25, 0.3) is 0 Å². The molecule has 2 N–H and O–H groups in total. The zero-order valence-corrected chi connectivity index (χ0v) is 8.31. The summed E-state index contributed by atoms with van der Waals surface area (Å²) in [4.78, 5) is 11.1. The Labute approximate surface area is 80.3 Å². The van der Waals surface area contributed by atoms with Crippen LogP contribution in [-0.4, -0.2) is 19.0 Å². The highest BCUT2D eigenvalue weighted by Gasteiger charge is 2.13. The van der Waals surface area contributed by atoms with Crippen LogP contribution < -0.4 is 10.6 Å². The zero-order valence-electron chi connectivity index (χ0n) is 8.31. The molecule has 1 aliphatic rings. The molecule has 1 aliphatic heterocycles. The van der Waals surface area contributed by atoms with Crippen molar-refractivity contribution in [3.05, 3.63) is 6.54 Å². The Bertz CT molecular complexity index is 153. The van der Waals surface area contributed by atoms with E-state index in [0.717, 1.165) is 19.5 Å². The maximum absolute atomic E-state index is 11.1. The van der Waals surface area contributed by atoms with Crippen LogP contribution in [0.25, 0.3) is 0 Å². The molecule has 0 saturated carbocycles. The van der Waals surface area contributed by atoms with Crippen molar-refractivity contribution in [3.8, 4) is 0 Å². The van der Waals surface area contributed by atoms with Crippen molar-refractivity contribution in [2.45, 2.75) is 32.6 Å². The van der Waals surface area contributed by atoms with E-state index < -0.39 is 0 Å². The van der Waals surface area contributed by atoms with Crippen molar-refractivity contribution in [1.29, 1.82) is 0 Å². The molecular formula is C10H19N2O. The van der Waals surface area contributed by atoms with Gasteiger partial charge in [-0.2, -0.15) is 0 Å². The van der Waals surface area contributed by atoms with Gasteiger partial charge in [-0.1, -0.05) is 0 Å². The van der Waals surface area contributed by atoms with Crippen LogP contribution in [0.5, 0.6) is 0 Å². The lowest BCUT2D eigenvalue weighted by atomic mass is 9.94. The molecule has 75 valence electrons. The van der Waals surface area contributed by atoms with Gasteiger partial charge in [-0.15, -0.1) is 0 Å². The summed E-state index contributed by atoms with van der Waals surface area (Å²) in [6.07, 6.45) is 4.21. The number of amides is 1. The van der Waals surface area contributed by atoms with E-state index in [9.17, 15) is 4.79 Å². The fourth-order valence-corrected chi connectivity index (χ4v) is 1.74. The summed E-state index contributed by atoms with van der Waals surface area (Å²) in [5.41, 5.74) is 0. The summed E-state index contributed by atoms with van der Waals surface area (Å²) in [6.45, 7) is 5.76. The fourth-order valence-electron chi connectivity index (χ4n) is 1.74. The largest absolute Gasteiger partial charge is 0.352 e. The number of carbonyl (C=O) groups excluding carboxylic acids is 1. The maximum atomic E-state index is 11.1. The van der Waals surface area contributed by atoms with Gasteiger partial charge in [0.15, 0.2) is 0 Å². The van der Waals surface area contributed by atoms with Crippen LogP contribution in [0.15, 0.2) is 0 Å². The minimum absolute atomic E-state index is 0.146. The Kier molecular flexibility index (Phi) is 4.83. The van der Waals surface area contributed by atoms with Crippen LogP contribution in [0.2, 0.25) is 0 Å². The first-order chi connectivity index (χ1) is 6.33. The minimum Gasteiger partial charge on any atom is -0.352 e. The van der Waals surface area contributed by atoms with E-state index in [4.69, 9.17) is 0 Å². The van der Waals surface area contributed by atoms with E-state index >= 15 is 0 Å². The van der Waals surface area contributed by atoms with E-state index in [1.54, 1.807) is 6.54 Å². The van der Waals surface area contributed by atoms with Crippen LogP contribution in [0, 0.1) is 12.5 Å². The molecule has 0 aromatic carbocycles. The second-order valence-corrected chi connectivity index (χ2v) is 3.61. The highest BCUT2D eigenvalue weighted by molar-refractivity contribution is 5.76. The second-order valence-electron chi connectivity index (χ2n) is 3.61. The molecule has 0 aromatic rings. The summed E-state index contributed by atoms with van der Waals surface area (Å²) in [5.74, 6) is 0.851. The van der Waals surface area contributed by atoms with Crippen LogP contribution in [0.3, 0.4) is 0 Å². The van der Waals surface area contributed by atoms with Crippen LogP contribution >= 0.6 is 0 Å². The first-order valence-corrected chi connectivity index (χ1v) is 5.11. The fraction of sp³-hybridized carbons (Fsp3) is 0.800. The van der Waals surface area contributed by atoms with E-state index in [2.05, 4.69) is 10.6 Å². The molecule has 1 radical (unpaired) electrons. The number of hydrogen-bond acceptors (Lipinski definition) is 2. The number of carbonyl (C=O) groups is 1. The van der Waals surface area contributed by atoms with Gasteiger partial charge in [-0.3, -0.25) is 4.79 Å². The molecule has 1 rings (SSSR count). The Morgan fingerprint density at radius 3 is 3.15 bits per heavy atom. The first kappa shape index (κ1) is 10.5. The van der Waals surface area contributed by atoms with Crippen molar-refractivity contribution < 1.29 is 4.79 Å². The second kappa shape index (κ2) is 5.97. The van der Waals surface area contributed by atoms with E-state index in [1.807, 2.05) is 6.92 Å². The van der Waals surface area contributed by atoms with Gasteiger partial charge in [0.1, 0.15) is 0 Å². The number of piperidine rings is 1. The monoisotopic (exact) mass is 183 g/mol. The Hall–Kier alpha value is -0.570. The van der Waals surface area contributed by atoms with Gasteiger partial charge in [0, 0.05) is 13.0 Å². The third-order valence-corrected chi connectivity index (χ3v) is 2.48. The van der Waals surface area contributed by atoms with E-state index in [-0.39, 0.29) is 5.91 Å². The predicted octanol–water partition coefficient (Wildman–Crippen LogP) is 1.06. The van der Waals surface area contributed by atoms with Crippen LogP contribution in [-0.2, 0) is 4.79 Å². The lowest BCUT2D eigenvalue weighted by molar-refractivity contribution is -0.120. The third-order valence-electron chi connectivity index (χ3n) is 2.48. The molecule has 13 heavy (non-hydrogen) atoms. The third kappa shape index (κ3) is 4.27. The molecule has 0 aliphatic carbocycles. The number of rotatable bonds is 4. The number of hydrogen-bond donors (Lipinski definition) is 2. The van der Waals surface area contributed by atoms with Gasteiger partial charge in [0.05, 0.1) is 0 Å². The molecule has 0 spiro atoms. The SMILES string of the molecule is C[CH]NC(=O)CCC1CCCNC1. The summed E-state index contributed by atoms with van der Waals surface area (Å²) in [6, 6.07) is 0. The lowest BCUT2D eigenvalue weighted by Crippen LogP contribution is -2.30. The van der Waals surface area contributed by atoms with Gasteiger partial charge >= 0.3 is 0 Å². The first-order valence-electron chi connectivity index (χ1n) is 5.11. The standard InChI is InChI=1S/C10H19N2O/c1-2-12-10(13)6-5-9-4-3-7-11-8-9/h2,9,11H,3-8H2,1H3,(H,12,13). The highest BCUT2D eigenvalue weighted by atomic mass is 16.1. The Morgan fingerprint density at radius 1 is 1.69 bits per heavy atom. The molecule has 1 amide bonds. The summed E-state index contributed by atoms with van der Waals surface area (Å²) in [7, 11) is 0. The molecule has 1 saturated heterocycles. The van der Waals surface area contributed by atoms with Gasteiger partial charge in [-0.25, -0.2) is 0 Å². The van der Waals surface area contributed by atoms with E-state index in [1.165, 1.54) is 12.8 Å². The normalized spacial score (nSPS) is 22.7. The summed E-state index contributed by atoms with van der Waals surface area (Å²) >= 11 is 0. The van der Waals surface area contributed by atoms with Crippen LogP contribution in [0.1, 0.15) is 32.6 Å². The molecule has 0 aromatic heterocycles. The van der Waals surface area contributed by atoms with Gasteiger partial charge in [0.2, 0.25) is 5.91 Å². The lowest BCUT2D eigenvalue weighted by Gasteiger charge is -2.22. The van der Waals surface area contributed by atoms with Gasteiger partial charge in [-0.05, 0) is 45.2 Å². The molecule has 1 heterocycles. The molecule has 1 atom stereocenters. The van der Waals surface area contributed by atoms with Gasteiger partial charge < -0.3 is 10.6 Å². The maximum Gasteiger partial charge on any atom is 0.220 e. The van der Waals surface area contributed by atoms with E-state index in [0.29, 0.717) is 12.3 Å². The quantitative estimate of drug-likeness (QED) is 0.684. The summed E-state index contributed by atoms with van der Waals surface area (Å²) < 4.78 is 0. The van der Waals surface area contributed by atoms with Crippen molar-refractivity contribution in [3.63, 3.8) is 0 Å². The Morgan fingerprint density at radius 2 is 2.54 bits per heavy atom. The van der Waals surface area contributed by atoms with Crippen LogP contribution in [0.4, 0.5) is 0 Å². The zero-order chi connectivity index (χ0) is 9.52. The molecule has 0 bridgehead atoms. The molecular weight excluding hydrogens is 164 g/mol. The molecule has 1 fully saturated rings. The molecule has 1 unspecified atom stereocenters. The molecule has 3 nitrogen and oxygen atoms in total. The number of nitrogens with one attached hydrogen (secondary N) is 2. The summed E-state index contributed by atoms with van der Waals surface area (Å²) in [5, 5.41) is 6.05.